The summed E-state index contributed by atoms with van der Waals surface area (Å²) < 4.78 is 10.9. The Hall–Kier alpha value is -3.06. The number of hydrogen-bond acceptors (Lipinski definition) is 5. The minimum atomic E-state index is -0.297. The van der Waals surface area contributed by atoms with E-state index in [-0.39, 0.29) is 5.97 Å². The van der Waals surface area contributed by atoms with Gasteiger partial charge in [-0.05, 0) is 24.3 Å². The van der Waals surface area contributed by atoms with Crippen molar-refractivity contribution in [2.45, 2.75) is 0 Å². The van der Waals surface area contributed by atoms with Gasteiger partial charge in [0.15, 0.2) is 5.96 Å². The summed E-state index contributed by atoms with van der Waals surface area (Å²) in [6.07, 6.45) is 0. The number of nitrogens with one attached hydrogen (secondary N) is 1. The number of ether oxygens (including phenoxy) is 2. The zero-order valence-corrected chi connectivity index (χ0v) is 16.4. The Morgan fingerprint density at radius 2 is 1.79 bits per heavy atom. The Morgan fingerprint density at radius 1 is 1.03 bits per heavy atom. The van der Waals surface area contributed by atoms with Gasteiger partial charge in [-0.3, -0.25) is 0 Å². The SMILES string of the molecule is O=C(OCCN1CCNC1=Nc1ccccc1N1CCOCC1)c1ccccc1. The van der Waals surface area contributed by atoms with Crippen molar-refractivity contribution in [3.63, 3.8) is 0 Å². The van der Waals surface area contributed by atoms with E-state index >= 15 is 0 Å². The van der Waals surface area contributed by atoms with Crippen LogP contribution < -0.4 is 10.2 Å². The van der Waals surface area contributed by atoms with Crippen molar-refractivity contribution in [3.05, 3.63) is 60.2 Å². The fourth-order valence-electron chi connectivity index (χ4n) is 3.50. The maximum Gasteiger partial charge on any atom is 0.338 e. The van der Waals surface area contributed by atoms with E-state index in [9.17, 15) is 4.79 Å². The molecule has 7 heteroatoms. The second kappa shape index (κ2) is 9.43. The van der Waals surface area contributed by atoms with E-state index in [2.05, 4.69) is 21.2 Å². The van der Waals surface area contributed by atoms with Crippen molar-refractivity contribution >= 4 is 23.3 Å². The Kier molecular flexibility index (Phi) is 6.26. The van der Waals surface area contributed by atoms with Crippen LogP contribution in [-0.2, 0) is 9.47 Å². The summed E-state index contributed by atoms with van der Waals surface area (Å²) in [5.74, 6) is 0.523. The molecule has 4 rings (SSSR count). The molecule has 29 heavy (non-hydrogen) atoms. The van der Waals surface area contributed by atoms with E-state index in [1.165, 1.54) is 0 Å². The van der Waals surface area contributed by atoms with Gasteiger partial charge in [0.25, 0.3) is 0 Å². The highest BCUT2D eigenvalue weighted by atomic mass is 16.5. The second-order valence-electron chi connectivity index (χ2n) is 6.94. The largest absolute Gasteiger partial charge is 0.460 e. The van der Waals surface area contributed by atoms with Crippen LogP contribution in [0.1, 0.15) is 10.4 Å². The smallest absolute Gasteiger partial charge is 0.338 e. The normalized spacial score (nSPS) is 18.0. The molecule has 7 nitrogen and oxygen atoms in total. The number of carbonyl (C=O) groups excluding carboxylic acids is 1. The highest BCUT2D eigenvalue weighted by Gasteiger charge is 2.20. The molecule has 2 fully saturated rings. The standard InChI is InChI=1S/C22H26N4O3/c27-21(18-6-2-1-3-7-18)29-17-14-26-11-10-23-22(26)24-19-8-4-5-9-20(19)25-12-15-28-16-13-25/h1-9H,10-17H2,(H,23,24). The number of para-hydroxylation sites is 2. The van der Waals surface area contributed by atoms with E-state index in [0.29, 0.717) is 18.7 Å². The third-order valence-corrected chi connectivity index (χ3v) is 5.03. The topological polar surface area (TPSA) is 66.4 Å². The molecule has 0 spiro atoms. The highest BCUT2D eigenvalue weighted by molar-refractivity contribution is 5.89. The van der Waals surface area contributed by atoms with Crippen LogP contribution >= 0.6 is 0 Å². The molecule has 2 saturated heterocycles. The van der Waals surface area contributed by atoms with Crippen molar-refractivity contribution < 1.29 is 14.3 Å². The van der Waals surface area contributed by atoms with E-state index in [0.717, 1.165) is 56.7 Å². The van der Waals surface area contributed by atoms with Crippen LogP contribution in [0.3, 0.4) is 0 Å². The molecule has 0 aliphatic carbocycles. The Balaban J connectivity index is 1.39. The summed E-state index contributed by atoms with van der Waals surface area (Å²) in [4.78, 5) is 21.4. The van der Waals surface area contributed by atoms with Crippen molar-refractivity contribution in [1.29, 1.82) is 0 Å². The number of hydrogen-bond donors (Lipinski definition) is 1. The van der Waals surface area contributed by atoms with Crippen LogP contribution in [0.25, 0.3) is 0 Å². The minimum Gasteiger partial charge on any atom is -0.460 e. The first-order valence-electron chi connectivity index (χ1n) is 10.0. The van der Waals surface area contributed by atoms with Crippen molar-refractivity contribution in [2.75, 3.05) is 57.4 Å². The van der Waals surface area contributed by atoms with E-state index in [4.69, 9.17) is 14.5 Å². The van der Waals surface area contributed by atoms with Crippen LogP contribution in [0.2, 0.25) is 0 Å². The maximum absolute atomic E-state index is 12.1. The number of aliphatic imine (C=N–C) groups is 1. The number of carbonyl (C=O) groups is 1. The van der Waals surface area contributed by atoms with Crippen molar-refractivity contribution in [2.24, 2.45) is 4.99 Å². The highest BCUT2D eigenvalue weighted by Crippen LogP contribution is 2.29. The lowest BCUT2D eigenvalue weighted by Crippen LogP contribution is -2.36. The van der Waals surface area contributed by atoms with Crippen LogP contribution in [0, 0.1) is 0 Å². The Labute approximate surface area is 170 Å². The molecule has 2 aliphatic heterocycles. The van der Waals surface area contributed by atoms with Crippen molar-refractivity contribution in [3.8, 4) is 0 Å². The number of guanidine groups is 1. The maximum atomic E-state index is 12.1. The molecule has 0 amide bonds. The number of rotatable bonds is 6. The van der Waals surface area contributed by atoms with Crippen LogP contribution in [0.15, 0.2) is 59.6 Å². The molecule has 0 unspecified atom stereocenters. The predicted molar refractivity (Wildman–Crippen MR) is 113 cm³/mol. The second-order valence-corrected chi connectivity index (χ2v) is 6.94. The van der Waals surface area contributed by atoms with Gasteiger partial charge < -0.3 is 24.6 Å². The number of anilines is 1. The molecule has 0 aromatic heterocycles. The van der Waals surface area contributed by atoms with Gasteiger partial charge in [0, 0.05) is 26.2 Å². The third kappa shape index (κ3) is 4.86. The third-order valence-electron chi connectivity index (χ3n) is 5.03. The van der Waals surface area contributed by atoms with Gasteiger partial charge in [0.1, 0.15) is 6.61 Å². The summed E-state index contributed by atoms with van der Waals surface area (Å²) in [5, 5.41) is 3.35. The average Bonchev–Trinajstić information content (AvgIpc) is 3.22. The number of benzene rings is 2. The fourth-order valence-corrected chi connectivity index (χ4v) is 3.50. The van der Waals surface area contributed by atoms with Crippen molar-refractivity contribution in [1.82, 2.24) is 10.2 Å². The van der Waals surface area contributed by atoms with Gasteiger partial charge >= 0.3 is 5.97 Å². The lowest BCUT2D eigenvalue weighted by molar-refractivity contribution is 0.0489. The molecule has 2 aromatic carbocycles. The van der Waals surface area contributed by atoms with Gasteiger partial charge in [-0.25, -0.2) is 9.79 Å². The monoisotopic (exact) mass is 394 g/mol. The van der Waals surface area contributed by atoms with Gasteiger partial charge in [0.2, 0.25) is 0 Å². The van der Waals surface area contributed by atoms with Gasteiger partial charge in [0.05, 0.1) is 36.7 Å². The van der Waals surface area contributed by atoms with Crippen LogP contribution in [-0.4, -0.2) is 69.4 Å². The Bertz CT molecular complexity index is 850. The van der Waals surface area contributed by atoms with Crippen LogP contribution in [0.5, 0.6) is 0 Å². The zero-order chi connectivity index (χ0) is 19.9. The number of esters is 1. The molecular weight excluding hydrogens is 368 g/mol. The summed E-state index contributed by atoms with van der Waals surface area (Å²) in [5.41, 5.74) is 2.62. The quantitative estimate of drug-likeness (QED) is 0.759. The lowest BCUT2D eigenvalue weighted by Gasteiger charge is -2.30. The zero-order valence-electron chi connectivity index (χ0n) is 16.4. The summed E-state index contributed by atoms with van der Waals surface area (Å²) in [7, 11) is 0. The number of nitrogens with zero attached hydrogens (tertiary/aromatic N) is 3. The van der Waals surface area contributed by atoms with E-state index in [1.54, 1.807) is 12.1 Å². The van der Waals surface area contributed by atoms with Gasteiger partial charge in [-0.1, -0.05) is 30.3 Å². The Morgan fingerprint density at radius 3 is 2.62 bits per heavy atom. The molecule has 0 atom stereocenters. The van der Waals surface area contributed by atoms with Gasteiger partial charge in [-0.2, -0.15) is 0 Å². The first kappa shape index (κ1) is 19.3. The van der Waals surface area contributed by atoms with Crippen LogP contribution in [0.4, 0.5) is 11.4 Å². The molecule has 152 valence electrons. The first-order valence-corrected chi connectivity index (χ1v) is 10.0. The summed E-state index contributed by atoms with van der Waals surface area (Å²) in [6, 6.07) is 17.2. The molecular formula is C22H26N4O3. The lowest BCUT2D eigenvalue weighted by atomic mass is 10.2. The average molecular weight is 394 g/mol. The van der Waals surface area contributed by atoms with Gasteiger partial charge in [-0.15, -0.1) is 0 Å². The summed E-state index contributed by atoms with van der Waals surface area (Å²) >= 11 is 0. The molecule has 2 heterocycles. The fraction of sp³-hybridized carbons (Fsp3) is 0.364. The minimum absolute atomic E-state index is 0.297. The molecule has 1 N–H and O–H groups in total. The first-order chi connectivity index (χ1) is 14.3. The molecule has 2 aliphatic rings. The molecule has 2 aromatic rings. The van der Waals surface area contributed by atoms with E-state index in [1.807, 2.05) is 36.4 Å². The number of morpholine rings is 1. The predicted octanol–water partition coefficient (Wildman–Crippen LogP) is 2.27. The van der Waals surface area contributed by atoms with E-state index < -0.39 is 0 Å². The summed E-state index contributed by atoms with van der Waals surface area (Å²) in [6.45, 7) is 5.79. The molecule has 0 saturated carbocycles. The molecule has 0 radical (unpaired) electrons. The molecule has 0 bridgehead atoms.